The summed E-state index contributed by atoms with van der Waals surface area (Å²) < 4.78 is 26.1. The lowest BCUT2D eigenvalue weighted by Crippen LogP contribution is -2.36. The predicted molar refractivity (Wildman–Crippen MR) is 76.2 cm³/mol. The minimum Gasteiger partial charge on any atom is -0.298 e. The number of hydrogen-bond donors (Lipinski definition) is 1. The predicted octanol–water partition coefficient (Wildman–Crippen LogP) is 1.59. The summed E-state index contributed by atoms with van der Waals surface area (Å²) in [6, 6.07) is 8.44. The zero-order chi connectivity index (χ0) is 15.4. The lowest BCUT2D eigenvalue weighted by Gasteiger charge is -2.16. The Morgan fingerprint density at radius 3 is 2.45 bits per heavy atom. The Morgan fingerprint density at radius 2 is 1.90 bits per heavy atom. The summed E-state index contributed by atoms with van der Waals surface area (Å²) in [5.74, 6) is -0.497. The summed E-state index contributed by atoms with van der Waals surface area (Å²) in [4.78, 5) is 11.7. The van der Waals surface area contributed by atoms with E-state index in [-0.39, 0.29) is 18.1 Å². The summed E-state index contributed by atoms with van der Waals surface area (Å²) in [5, 5.41) is 8.92. The quantitative estimate of drug-likeness (QED) is 0.893. The van der Waals surface area contributed by atoms with Gasteiger partial charge in [0.25, 0.3) is 0 Å². The Morgan fingerprint density at radius 1 is 1.30 bits per heavy atom. The standard InChI is InChI=1S/C14H18N2O3S/c1-14(2,3)13(17)9-16-20(18,19)10-12-7-5-4-6-11(12)8-15/h4-7,16H,9-10H2,1-3H3. The number of rotatable bonds is 5. The number of nitrogens with zero attached hydrogens (tertiary/aromatic N) is 1. The maximum Gasteiger partial charge on any atom is 0.216 e. The van der Waals surface area contributed by atoms with Gasteiger partial charge in [0.2, 0.25) is 10.0 Å². The number of hydrogen-bond acceptors (Lipinski definition) is 4. The number of nitrogens with one attached hydrogen (secondary N) is 1. The van der Waals surface area contributed by atoms with Gasteiger partial charge in [-0.25, -0.2) is 13.1 Å². The number of carbonyl (C=O) groups is 1. The van der Waals surface area contributed by atoms with E-state index in [0.717, 1.165) is 0 Å². The van der Waals surface area contributed by atoms with Crippen molar-refractivity contribution in [3.05, 3.63) is 35.4 Å². The fraction of sp³-hybridized carbons (Fsp3) is 0.429. The van der Waals surface area contributed by atoms with Crippen molar-refractivity contribution in [2.45, 2.75) is 26.5 Å². The molecule has 1 N–H and O–H groups in total. The highest BCUT2D eigenvalue weighted by atomic mass is 32.2. The van der Waals surface area contributed by atoms with Gasteiger partial charge in [0, 0.05) is 5.41 Å². The van der Waals surface area contributed by atoms with Crippen LogP contribution in [-0.4, -0.2) is 20.7 Å². The highest BCUT2D eigenvalue weighted by molar-refractivity contribution is 7.88. The van der Waals surface area contributed by atoms with Gasteiger partial charge in [0.15, 0.2) is 5.78 Å². The van der Waals surface area contributed by atoms with Crippen LogP contribution in [0, 0.1) is 16.7 Å². The molecule has 0 spiro atoms. The van der Waals surface area contributed by atoms with E-state index in [4.69, 9.17) is 5.26 Å². The van der Waals surface area contributed by atoms with Crippen LogP contribution in [0.3, 0.4) is 0 Å². The van der Waals surface area contributed by atoms with Gasteiger partial charge in [-0.05, 0) is 11.6 Å². The molecule has 1 rings (SSSR count). The lowest BCUT2D eigenvalue weighted by molar-refractivity contribution is -0.125. The maximum absolute atomic E-state index is 11.9. The number of carbonyl (C=O) groups excluding carboxylic acids is 1. The second-order valence-corrected chi connectivity index (χ2v) is 7.33. The van der Waals surface area contributed by atoms with Crippen LogP contribution >= 0.6 is 0 Å². The molecule has 6 heteroatoms. The van der Waals surface area contributed by atoms with Crippen LogP contribution in [0.25, 0.3) is 0 Å². The first-order valence-corrected chi connectivity index (χ1v) is 7.79. The van der Waals surface area contributed by atoms with Gasteiger partial charge >= 0.3 is 0 Å². The number of ketones is 1. The van der Waals surface area contributed by atoms with E-state index in [9.17, 15) is 13.2 Å². The summed E-state index contributed by atoms with van der Waals surface area (Å²) in [6.07, 6.45) is 0. The smallest absolute Gasteiger partial charge is 0.216 e. The summed E-state index contributed by atoms with van der Waals surface area (Å²) in [5.41, 5.74) is 0.151. The van der Waals surface area contributed by atoms with Crippen molar-refractivity contribution in [3.8, 4) is 6.07 Å². The highest BCUT2D eigenvalue weighted by Crippen LogP contribution is 2.14. The number of Topliss-reactive ketones (excluding diaryl/α,β-unsaturated/α-hetero) is 1. The first-order chi connectivity index (χ1) is 9.15. The molecule has 20 heavy (non-hydrogen) atoms. The van der Waals surface area contributed by atoms with Gasteiger partial charge in [0.1, 0.15) is 0 Å². The lowest BCUT2D eigenvalue weighted by atomic mass is 9.91. The van der Waals surface area contributed by atoms with E-state index in [0.29, 0.717) is 11.1 Å². The molecule has 0 heterocycles. The first-order valence-electron chi connectivity index (χ1n) is 6.14. The van der Waals surface area contributed by atoms with E-state index < -0.39 is 15.4 Å². The van der Waals surface area contributed by atoms with Crippen molar-refractivity contribution in [2.75, 3.05) is 6.54 Å². The average Bonchev–Trinajstić information content (AvgIpc) is 2.35. The Bertz CT molecular complexity index is 637. The molecular formula is C14H18N2O3S. The van der Waals surface area contributed by atoms with Crippen LogP contribution in [0.1, 0.15) is 31.9 Å². The van der Waals surface area contributed by atoms with Crippen molar-refractivity contribution in [2.24, 2.45) is 5.41 Å². The molecule has 0 saturated heterocycles. The Hall–Kier alpha value is -1.71. The molecule has 1 aromatic carbocycles. The zero-order valence-electron chi connectivity index (χ0n) is 11.8. The van der Waals surface area contributed by atoms with Gasteiger partial charge < -0.3 is 0 Å². The average molecular weight is 294 g/mol. The van der Waals surface area contributed by atoms with Gasteiger partial charge in [-0.15, -0.1) is 0 Å². The molecule has 0 aliphatic rings. The number of sulfonamides is 1. The topological polar surface area (TPSA) is 87.0 Å². The SMILES string of the molecule is CC(C)(C)C(=O)CNS(=O)(=O)Cc1ccccc1C#N. The molecule has 5 nitrogen and oxygen atoms in total. The molecule has 0 aliphatic carbocycles. The zero-order valence-corrected chi connectivity index (χ0v) is 12.6. The summed E-state index contributed by atoms with van der Waals surface area (Å²) in [6.45, 7) is 4.96. The normalized spacial score (nSPS) is 11.9. The van der Waals surface area contributed by atoms with E-state index in [2.05, 4.69) is 4.72 Å². The maximum atomic E-state index is 11.9. The Labute approximate surface area is 119 Å². The molecule has 0 atom stereocenters. The van der Waals surface area contributed by atoms with Crippen LogP contribution in [0.4, 0.5) is 0 Å². The van der Waals surface area contributed by atoms with Crippen molar-refractivity contribution in [1.29, 1.82) is 5.26 Å². The summed E-state index contributed by atoms with van der Waals surface area (Å²) >= 11 is 0. The molecule has 1 aromatic rings. The van der Waals surface area contributed by atoms with Crippen LogP contribution < -0.4 is 4.72 Å². The van der Waals surface area contributed by atoms with Crippen molar-refractivity contribution in [1.82, 2.24) is 4.72 Å². The number of nitriles is 1. The molecule has 0 bridgehead atoms. The molecule has 0 radical (unpaired) electrons. The van der Waals surface area contributed by atoms with Crippen LogP contribution in [0.2, 0.25) is 0 Å². The van der Waals surface area contributed by atoms with Crippen LogP contribution in [-0.2, 0) is 20.6 Å². The van der Waals surface area contributed by atoms with Crippen molar-refractivity contribution in [3.63, 3.8) is 0 Å². The summed E-state index contributed by atoms with van der Waals surface area (Å²) in [7, 11) is -3.64. The van der Waals surface area contributed by atoms with Gasteiger partial charge in [-0.1, -0.05) is 39.0 Å². The third kappa shape index (κ3) is 4.76. The monoisotopic (exact) mass is 294 g/mol. The molecule has 108 valence electrons. The molecule has 0 unspecified atom stereocenters. The third-order valence-electron chi connectivity index (χ3n) is 2.77. The van der Waals surface area contributed by atoms with E-state index in [1.807, 2.05) is 6.07 Å². The molecule has 0 fully saturated rings. The molecule has 0 aliphatic heterocycles. The second kappa shape index (κ2) is 6.16. The minimum absolute atomic E-state index is 0.186. The van der Waals surface area contributed by atoms with Gasteiger partial charge in [0.05, 0.1) is 23.9 Å². The Balaban J connectivity index is 2.77. The third-order valence-corrected chi connectivity index (χ3v) is 4.05. The number of benzene rings is 1. The van der Waals surface area contributed by atoms with Gasteiger partial charge in [-0.2, -0.15) is 5.26 Å². The first kappa shape index (κ1) is 16.3. The van der Waals surface area contributed by atoms with Crippen molar-refractivity contribution >= 4 is 15.8 Å². The van der Waals surface area contributed by atoms with Crippen LogP contribution in [0.15, 0.2) is 24.3 Å². The molecule has 0 amide bonds. The minimum atomic E-state index is -3.64. The fourth-order valence-electron chi connectivity index (χ4n) is 1.45. The Kier molecular flexibility index (Phi) is 5.03. The molecule has 0 saturated carbocycles. The van der Waals surface area contributed by atoms with E-state index in [1.165, 1.54) is 0 Å². The van der Waals surface area contributed by atoms with E-state index >= 15 is 0 Å². The van der Waals surface area contributed by atoms with Gasteiger partial charge in [-0.3, -0.25) is 4.79 Å². The van der Waals surface area contributed by atoms with Crippen molar-refractivity contribution < 1.29 is 13.2 Å². The largest absolute Gasteiger partial charge is 0.298 e. The highest BCUT2D eigenvalue weighted by Gasteiger charge is 2.23. The second-order valence-electron chi connectivity index (χ2n) is 5.52. The fourth-order valence-corrected chi connectivity index (χ4v) is 2.57. The van der Waals surface area contributed by atoms with E-state index in [1.54, 1.807) is 45.0 Å². The molecular weight excluding hydrogens is 276 g/mol. The van der Waals surface area contributed by atoms with Crippen LogP contribution in [0.5, 0.6) is 0 Å². The molecule has 0 aromatic heterocycles.